The molecule has 0 aromatic carbocycles. The minimum Gasteiger partial charge on any atom is -0.480 e. The van der Waals surface area contributed by atoms with E-state index >= 15 is 0 Å². The van der Waals surface area contributed by atoms with E-state index < -0.39 is 24.6 Å². The number of hydrogen-bond acceptors (Lipinski definition) is 5. The molecule has 3 amide bonds. The van der Waals surface area contributed by atoms with Gasteiger partial charge in [-0.05, 0) is 0 Å². The number of carboxylic acids is 1. The molecule has 9 heteroatoms. The van der Waals surface area contributed by atoms with Crippen molar-refractivity contribution >= 4 is 17.9 Å². The number of rotatable bonds is 9. The van der Waals surface area contributed by atoms with E-state index in [1.807, 2.05) is 5.32 Å². The van der Waals surface area contributed by atoms with Crippen molar-refractivity contribution in [3.8, 4) is 0 Å². The lowest BCUT2D eigenvalue weighted by molar-refractivity contribution is -0.140. The number of carbonyl (C=O) groups is 3. The molecule has 5 N–H and O–H groups in total. The summed E-state index contributed by atoms with van der Waals surface area (Å²) in [5, 5.41) is 24.2. The third-order valence-electron chi connectivity index (χ3n) is 2.05. The molecule has 0 unspecified atom stereocenters. The van der Waals surface area contributed by atoms with Gasteiger partial charge in [-0.15, -0.1) is 0 Å². The van der Waals surface area contributed by atoms with Crippen molar-refractivity contribution in [2.45, 2.75) is 12.5 Å². The average Bonchev–Trinajstić information content (AvgIpc) is 2.36. The Balaban J connectivity index is 3.73. The van der Waals surface area contributed by atoms with Crippen LogP contribution in [0.5, 0.6) is 0 Å². The van der Waals surface area contributed by atoms with Crippen LogP contribution in [0, 0.1) is 0 Å². The zero-order valence-corrected chi connectivity index (χ0v) is 10.6. The smallest absolute Gasteiger partial charge is 0.328 e. The minimum atomic E-state index is -1.37. The predicted octanol–water partition coefficient (Wildman–Crippen LogP) is -2.12. The number of amides is 3. The molecule has 0 aliphatic rings. The third kappa shape index (κ3) is 8.80. The average molecular weight is 277 g/mol. The molecule has 0 aromatic rings. The van der Waals surface area contributed by atoms with Crippen LogP contribution in [0.2, 0.25) is 0 Å². The molecule has 110 valence electrons. The van der Waals surface area contributed by atoms with Gasteiger partial charge in [-0.2, -0.15) is 0 Å². The standard InChI is InChI=1S/C10H19N3O6/c1-19-5-4-11-8(15)2-3-12-10(18)13-7(6-14)9(16)17/h7,14H,2-6H2,1H3,(H,11,15)(H,16,17)(H2,12,13,18)/t7-/m1/s1. The van der Waals surface area contributed by atoms with Crippen molar-refractivity contribution in [3.63, 3.8) is 0 Å². The maximum atomic E-state index is 11.2. The number of aliphatic carboxylic acids is 1. The Labute approximate surface area is 110 Å². The van der Waals surface area contributed by atoms with E-state index in [1.54, 1.807) is 0 Å². The largest absolute Gasteiger partial charge is 0.480 e. The summed E-state index contributed by atoms with van der Waals surface area (Å²) in [6.07, 6.45) is 0.0635. The molecule has 0 aliphatic carbocycles. The summed E-state index contributed by atoms with van der Waals surface area (Å²) >= 11 is 0. The summed E-state index contributed by atoms with van der Waals surface area (Å²) in [5.74, 6) is -1.59. The molecule has 19 heavy (non-hydrogen) atoms. The van der Waals surface area contributed by atoms with Gasteiger partial charge in [0.15, 0.2) is 6.04 Å². The molecular weight excluding hydrogens is 258 g/mol. The molecule has 0 spiro atoms. The molecular formula is C10H19N3O6. The minimum absolute atomic E-state index is 0.0580. The molecule has 0 aliphatic heterocycles. The van der Waals surface area contributed by atoms with Gasteiger partial charge in [0.25, 0.3) is 0 Å². The fourth-order valence-corrected chi connectivity index (χ4v) is 1.07. The Bertz CT molecular complexity index is 310. The fraction of sp³-hybridized carbons (Fsp3) is 0.700. The van der Waals surface area contributed by atoms with E-state index in [-0.39, 0.29) is 18.9 Å². The van der Waals surface area contributed by atoms with Gasteiger partial charge in [-0.1, -0.05) is 0 Å². The number of carboxylic acid groups (broad SMARTS) is 1. The Hall–Kier alpha value is -1.87. The molecule has 9 nitrogen and oxygen atoms in total. The van der Waals surface area contributed by atoms with E-state index in [0.717, 1.165) is 0 Å². The van der Waals surface area contributed by atoms with Crippen molar-refractivity contribution in [1.82, 2.24) is 16.0 Å². The topological polar surface area (TPSA) is 137 Å². The van der Waals surface area contributed by atoms with Gasteiger partial charge in [0, 0.05) is 26.6 Å². The van der Waals surface area contributed by atoms with Crippen LogP contribution < -0.4 is 16.0 Å². The first-order chi connectivity index (χ1) is 9.01. The molecule has 0 heterocycles. The molecule has 0 saturated heterocycles. The summed E-state index contributed by atoms with van der Waals surface area (Å²) in [6.45, 7) is 0.131. The van der Waals surface area contributed by atoms with Crippen LogP contribution in [0.15, 0.2) is 0 Å². The maximum Gasteiger partial charge on any atom is 0.328 e. The van der Waals surface area contributed by atoms with Gasteiger partial charge in [0.1, 0.15) is 0 Å². The van der Waals surface area contributed by atoms with E-state index in [0.29, 0.717) is 13.2 Å². The van der Waals surface area contributed by atoms with Crippen molar-refractivity contribution in [3.05, 3.63) is 0 Å². The summed E-state index contributed by atoms with van der Waals surface area (Å²) in [7, 11) is 1.51. The SMILES string of the molecule is COCCNC(=O)CCNC(=O)N[C@H](CO)C(=O)O. The van der Waals surface area contributed by atoms with E-state index in [1.165, 1.54) is 7.11 Å². The fourth-order valence-electron chi connectivity index (χ4n) is 1.07. The third-order valence-corrected chi connectivity index (χ3v) is 2.05. The molecule has 0 rings (SSSR count). The molecule has 0 saturated carbocycles. The second kappa shape index (κ2) is 10.1. The molecule has 0 fully saturated rings. The van der Waals surface area contributed by atoms with Gasteiger partial charge in [0.2, 0.25) is 5.91 Å². The Morgan fingerprint density at radius 1 is 1.21 bits per heavy atom. The van der Waals surface area contributed by atoms with E-state index in [4.69, 9.17) is 14.9 Å². The van der Waals surface area contributed by atoms with Gasteiger partial charge >= 0.3 is 12.0 Å². The zero-order chi connectivity index (χ0) is 14.7. The number of methoxy groups -OCH3 is 1. The van der Waals surface area contributed by atoms with Crippen LogP contribution in [0.4, 0.5) is 4.79 Å². The monoisotopic (exact) mass is 277 g/mol. The van der Waals surface area contributed by atoms with Crippen LogP contribution in [0.25, 0.3) is 0 Å². The van der Waals surface area contributed by atoms with Crippen LogP contribution in [0.1, 0.15) is 6.42 Å². The van der Waals surface area contributed by atoms with Crippen molar-refractivity contribution in [1.29, 1.82) is 0 Å². The van der Waals surface area contributed by atoms with E-state index in [9.17, 15) is 14.4 Å². The number of hydrogen-bond donors (Lipinski definition) is 5. The Morgan fingerprint density at radius 2 is 1.89 bits per heavy atom. The first-order valence-electron chi connectivity index (χ1n) is 5.65. The normalized spacial score (nSPS) is 11.5. The van der Waals surface area contributed by atoms with Gasteiger partial charge in [-0.25, -0.2) is 9.59 Å². The maximum absolute atomic E-state index is 11.2. The molecule has 1 atom stereocenters. The Kier molecular flexibility index (Phi) is 9.10. The lowest BCUT2D eigenvalue weighted by Gasteiger charge is -2.12. The summed E-state index contributed by atoms with van der Waals surface area (Å²) in [4.78, 5) is 32.9. The predicted molar refractivity (Wildman–Crippen MR) is 64.5 cm³/mol. The molecule has 0 bridgehead atoms. The number of aliphatic hydroxyl groups excluding tert-OH is 1. The second-order valence-corrected chi connectivity index (χ2v) is 3.57. The van der Waals surface area contributed by atoms with Crippen LogP contribution >= 0.6 is 0 Å². The lowest BCUT2D eigenvalue weighted by Crippen LogP contribution is -2.48. The van der Waals surface area contributed by atoms with E-state index in [2.05, 4.69) is 10.6 Å². The summed E-state index contributed by atoms with van der Waals surface area (Å²) < 4.78 is 4.74. The first kappa shape index (κ1) is 17.1. The Morgan fingerprint density at radius 3 is 2.42 bits per heavy atom. The highest BCUT2D eigenvalue weighted by Crippen LogP contribution is 1.83. The van der Waals surface area contributed by atoms with Crippen LogP contribution in [0.3, 0.4) is 0 Å². The van der Waals surface area contributed by atoms with Crippen molar-refractivity contribution < 1.29 is 29.3 Å². The van der Waals surface area contributed by atoms with Crippen molar-refractivity contribution in [2.75, 3.05) is 33.4 Å². The van der Waals surface area contributed by atoms with Crippen LogP contribution in [-0.4, -0.2) is 67.6 Å². The highest BCUT2D eigenvalue weighted by atomic mass is 16.5. The summed E-state index contributed by atoms with van der Waals surface area (Å²) in [6, 6.07) is -2.12. The van der Waals surface area contributed by atoms with Gasteiger partial charge in [0.05, 0.1) is 13.2 Å². The summed E-state index contributed by atoms with van der Waals surface area (Å²) in [5.41, 5.74) is 0. The molecule has 0 radical (unpaired) electrons. The van der Waals surface area contributed by atoms with Gasteiger partial charge < -0.3 is 30.9 Å². The van der Waals surface area contributed by atoms with Gasteiger partial charge in [-0.3, -0.25) is 4.79 Å². The number of carbonyl (C=O) groups excluding carboxylic acids is 2. The first-order valence-corrected chi connectivity index (χ1v) is 5.65. The number of aliphatic hydroxyl groups is 1. The highest BCUT2D eigenvalue weighted by Gasteiger charge is 2.18. The van der Waals surface area contributed by atoms with Crippen molar-refractivity contribution in [2.24, 2.45) is 0 Å². The number of nitrogens with one attached hydrogen (secondary N) is 3. The number of urea groups is 1. The molecule has 0 aromatic heterocycles. The second-order valence-electron chi connectivity index (χ2n) is 3.57. The lowest BCUT2D eigenvalue weighted by atomic mass is 10.3. The highest BCUT2D eigenvalue weighted by molar-refractivity contribution is 5.83. The zero-order valence-electron chi connectivity index (χ0n) is 10.6. The quantitative estimate of drug-likeness (QED) is 0.306. The number of ether oxygens (including phenoxy) is 1. The van der Waals surface area contributed by atoms with Crippen LogP contribution in [-0.2, 0) is 14.3 Å².